The van der Waals surface area contributed by atoms with Gasteiger partial charge in [-0.25, -0.2) is 0 Å². The Morgan fingerprint density at radius 1 is 1.17 bits per heavy atom. The molecule has 2 heterocycles. The fourth-order valence-corrected chi connectivity index (χ4v) is 3.71. The Morgan fingerprint density at radius 2 is 2.09 bits per heavy atom. The van der Waals surface area contributed by atoms with Gasteiger partial charge in [0.1, 0.15) is 6.10 Å². The summed E-state index contributed by atoms with van der Waals surface area (Å²) in [6.45, 7) is 3.32. The van der Waals surface area contributed by atoms with Crippen LogP contribution in [-0.2, 0) is 6.42 Å². The zero-order valence-corrected chi connectivity index (χ0v) is 14.5. The van der Waals surface area contributed by atoms with Crippen molar-refractivity contribution in [3.8, 4) is 11.5 Å². The molecule has 0 radical (unpaired) electrons. The first-order valence-corrected chi connectivity index (χ1v) is 9.00. The molecule has 0 bridgehead atoms. The van der Waals surface area contributed by atoms with E-state index in [0.29, 0.717) is 6.04 Å². The van der Waals surface area contributed by atoms with E-state index in [4.69, 9.17) is 9.47 Å². The van der Waals surface area contributed by atoms with Gasteiger partial charge in [-0.1, -0.05) is 12.5 Å². The summed E-state index contributed by atoms with van der Waals surface area (Å²) >= 11 is 0. The molecule has 2 saturated heterocycles. The maximum absolute atomic E-state index is 6.21. The zero-order valence-electron chi connectivity index (χ0n) is 14.5. The minimum absolute atomic E-state index is 0.272. The molecule has 3 rings (SSSR count). The molecule has 0 aromatic heterocycles. The normalized spacial score (nSPS) is 26.0. The van der Waals surface area contributed by atoms with Crippen LogP contribution in [0.15, 0.2) is 18.2 Å². The zero-order chi connectivity index (χ0) is 16.1. The highest BCUT2D eigenvalue weighted by Gasteiger charge is 2.20. The van der Waals surface area contributed by atoms with E-state index in [-0.39, 0.29) is 6.10 Å². The Balaban J connectivity index is 1.64. The first kappa shape index (κ1) is 16.6. The first-order valence-electron chi connectivity index (χ1n) is 9.00. The Morgan fingerprint density at radius 3 is 2.83 bits per heavy atom. The van der Waals surface area contributed by atoms with Crippen molar-refractivity contribution >= 4 is 0 Å². The Hall–Kier alpha value is -1.26. The number of nitrogens with one attached hydrogen (secondary N) is 1. The predicted molar refractivity (Wildman–Crippen MR) is 93.5 cm³/mol. The summed E-state index contributed by atoms with van der Waals surface area (Å²) in [4.78, 5) is 2.34. The molecular weight excluding hydrogens is 288 g/mol. The molecule has 2 aliphatic heterocycles. The summed E-state index contributed by atoms with van der Waals surface area (Å²) in [6.07, 6.45) is 7.59. The van der Waals surface area contributed by atoms with Gasteiger partial charge < -0.3 is 19.7 Å². The summed E-state index contributed by atoms with van der Waals surface area (Å²) in [7, 11) is 3.89. The minimum atomic E-state index is 0.272. The summed E-state index contributed by atoms with van der Waals surface area (Å²) in [5, 5.41) is 3.61. The van der Waals surface area contributed by atoms with Crippen molar-refractivity contribution < 1.29 is 9.47 Å². The molecule has 2 unspecified atom stereocenters. The molecule has 2 aliphatic rings. The number of likely N-dealkylation sites (tertiary alicyclic amines) is 1. The number of benzene rings is 1. The Kier molecular flexibility index (Phi) is 5.79. The lowest BCUT2D eigenvalue weighted by Crippen LogP contribution is -2.38. The van der Waals surface area contributed by atoms with E-state index in [2.05, 4.69) is 35.5 Å². The van der Waals surface area contributed by atoms with Crippen molar-refractivity contribution in [2.24, 2.45) is 0 Å². The molecule has 1 aromatic rings. The van der Waals surface area contributed by atoms with Crippen molar-refractivity contribution in [2.45, 2.75) is 50.7 Å². The molecule has 2 atom stereocenters. The summed E-state index contributed by atoms with van der Waals surface area (Å²) < 4.78 is 11.8. The quantitative estimate of drug-likeness (QED) is 0.905. The van der Waals surface area contributed by atoms with E-state index in [9.17, 15) is 0 Å². The van der Waals surface area contributed by atoms with Gasteiger partial charge >= 0.3 is 0 Å². The molecule has 2 fully saturated rings. The van der Waals surface area contributed by atoms with Crippen molar-refractivity contribution in [3.63, 3.8) is 0 Å². The second-order valence-corrected chi connectivity index (χ2v) is 6.98. The van der Waals surface area contributed by atoms with Gasteiger partial charge in [0, 0.05) is 12.6 Å². The third-order valence-corrected chi connectivity index (χ3v) is 5.00. The smallest absolute Gasteiger partial charge is 0.161 e. The lowest BCUT2D eigenvalue weighted by molar-refractivity contribution is 0.101. The molecule has 0 saturated carbocycles. The molecule has 4 nitrogen and oxygen atoms in total. The van der Waals surface area contributed by atoms with Crippen LogP contribution in [0.4, 0.5) is 0 Å². The lowest BCUT2D eigenvalue weighted by atomic mass is 9.97. The van der Waals surface area contributed by atoms with Crippen LogP contribution < -0.4 is 14.8 Å². The molecule has 128 valence electrons. The second-order valence-electron chi connectivity index (χ2n) is 6.98. The van der Waals surface area contributed by atoms with Crippen molar-refractivity contribution in [1.29, 1.82) is 0 Å². The highest BCUT2D eigenvalue weighted by atomic mass is 16.5. The largest absolute Gasteiger partial charge is 0.493 e. The van der Waals surface area contributed by atoms with Gasteiger partial charge in [-0.05, 0) is 69.9 Å². The number of piperidine rings is 2. The number of ether oxygens (including phenoxy) is 2. The third-order valence-electron chi connectivity index (χ3n) is 5.00. The molecule has 0 amide bonds. The van der Waals surface area contributed by atoms with Crippen LogP contribution >= 0.6 is 0 Å². The highest BCUT2D eigenvalue weighted by molar-refractivity contribution is 5.43. The number of hydrogen-bond acceptors (Lipinski definition) is 4. The average Bonchev–Trinajstić information content (AvgIpc) is 2.57. The van der Waals surface area contributed by atoms with E-state index in [1.165, 1.54) is 37.8 Å². The monoisotopic (exact) mass is 318 g/mol. The minimum Gasteiger partial charge on any atom is -0.493 e. The maximum Gasteiger partial charge on any atom is 0.161 e. The van der Waals surface area contributed by atoms with Gasteiger partial charge in [-0.15, -0.1) is 0 Å². The van der Waals surface area contributed by atoms with E-state index in [0.717, 1.165) is 37.4 Å². The van der Waals surface area contributed by atoms with Gasteiger partial charge in [0.15, 0.2) is 11.5 Å². The van der Waals surface area contributed by atoms with Crippen LogP contribution in [0.1, 0.15) is 37.7 Å². The third kappa shape index (κ3) is 4.61. The standard InChI is InChI=1S/C19H30N2O2/c1-21-11-5-7-17(14-21)23-18-9-8-15(13-19(18)22-2)12-16-6-3-4-10-20-16/h8-9,13,16-17,20H,3-7,10-12,14H2,1-2H3. The number of likely N-dealkylation sites (N-methyl/N-ethyl adjacent to an activating group) is 1. The van der Waals surface area contributed by atoms with Gasteiger partial charge in [-0.3, -0.25) is 0 Å². The summed E-state index contributed by atoms with van der Waals surface area (Å²) in [5.74, 6) is 1.75. The van der Waals surface area contributed by atoms with Gasteiger partial charge in [0.05, 0.1) is 7.11 Å². The fraction of sp³-hybridized carbons (Fsp3) is 0.684. The van der Waals surface area contributed by atoms with E-state index in [1.54, 1.807) is 7.11 Å². The summed E-state index contributed by atoms with van der Waals surface area (Å²) in [5.41, 5.74) is 1.33. The van der Waals surface area contributed by atoms with E-state index in [1.807, 2.05) is 0 Å². The number of methoxy groups -OCH3 is 1. The van der Waals surface area contributed by atoms with Crippen molar-refractivity contribution in [1.82, 2.24) is 10.2 Å². The molecule has 23 heavy (non-hydrogen) atoms. The highest BCUT2D eigenvalue weighted by Crippen LogP contribution is 2.31. The predicted octanol–water partition coefficient (Wildman–Crippen LogP) is 2.85. The van der Waals surface area contributed by atoms with E-state index >= 15 is 0 Å². The number of hydrogen-bond donors (Lipinski definition) is 1. The van der Waals surface area contributed by atoms with Gasteiger partial charge in [-0.2, -0.15) is 0 Å². The van der Waals surface area contributed by atoms with Crippen molar-refractivity contribution in [2.75, 3.05) is 33.8 Å². The topological polar surface area (TPSA) is 33.7 Å². The fourth-order valence-electron chi connectivity index (χ4n) is 3.71. The second kappa shape index (κ2) is 8.02. The Labute approximate surface area is 140 Å². The maximum atomic E-state index is 6.21. The Bertz CT molecular complexity index is 500. The van der Waals surface area contributed by atoms with Crippen LogP contribution in [0.25, 0.3) is 0 Å². The number of rotatable bonds is 5. The average molecular weight is 318 g/mol. The molecule has 0 spiro atoms. The van der Waals surface area contributed by atoms with Crippen LogP contribution in [0, 0.1) is 0 Å². The SMILES string of the molecule is COc1cc(CC2CCCCN2)ccc1OC1CCCN(C)C1. The van der Waals surface area contributed by atoms with Gasteiger partial charge in [0.2, 0.25) is 0 Å². The molecular formula is C19H30N2O2. The molecule has 1 aromatic carbocycles. The van der Waals surface area contributed by atoms with Crippen LogP contribution in [-0.4, -0.2) is 50.8 Å². The first-order chi connectivity index (χ1) is 11.2. The van der Waals surface area contributed by atoms with Crippen LogP contribution in [0.5, 0.6) is 11.5 Å². The summed E-state index contributed by atoms with van der Waals surface area (Å²) in [6, 6.07) is 7.04. The lowest BCUT2D eigenvalue weighted by Gasteiger charge is -2.30. The molecule has 4 heteroatoms. The van der Waals surface area contributed by atoms with Crippen LogP contribution in [0.3, 0.4) is 0 Å². The number of nitrogens with zero attached hydrogens (tertiary/aromatic N) is 1. The van der Waals surface area contributed by atoms with Crippen molar-refractivity contribution in [3.05, 3.63) is 23.8 Å². The van der Waals surface area contributed by atoms with Gasteiger partial charge in [0.25, 0.3) is 0 Å². The van der Waals surface area contributed by atoms with Crippen LogP contribution in [0.2, 0.25) is 0 Å². The molecule has 1 N–H and O–H groups in total. The molecule has 0 aliphatic carbocycles. The van der Waals surface area contributed by atoms with E-state index < -0.39 is 0 Å².